The van der Waals surface area contributed by atoms with Crippen molar-refractivity contribution in [1.29, 1.82) is 0 Å². The van der Waals surface area contributed by atoms with Crippen LogP contribution in [0.1, 0.15) is 21.3 Å². The molecule has 6 nitrogen and oxygen atoms in total. The molecule has 0 bridgehead atoms. The van der Waals surface area contributed by atoms with Crippen molar-refractivity contribution in [3.05, 3.63) is 39.0 Å². The van der Waals surface area contributed by atoms with Gasteiger partial charge < -0.3 is 10.6 Å². The predicted octanol–water partition coefficient (Wildman–Crippen LogP) is 2.33. The van der Waals surface area contributed by atoms with Gasteiger partial charge in [0.05, 0.1) is 29.5 Å². The number of rotatable bonds is 4. The third-order valence-corrected chi connectivity index (χ3v) is 5.06. The normalized spacial score (nSPS) is 12.0. The predicted molar refractivity (Wildman–Crippen MR) is 91.7 cm³/mol. The molecule has 116 valence electrons. The van der Waals surface area contributed by atoms with Crippen molar-refractivity contribution in [3.8, 4) is 0 Å². The first kappa shape index (κ1) is 15.0. The highest BCUT2D eigenvalue weighted by molar-refractivity contribution is 7.15. The minimum absolute atomic E-state index is 0.648. The molecule has 22 heavy (non-hydrogen) atoms. The molecule has 3 heterocycles. The van der Waals surface area contributed by atoms with Crippen LogP contribution in [-0.2, 0) is 13.1 Å². The molecule has 2 N–H and O–H groups in total. The summed E-state index contributed by atoms with van der Waals surface area (Å²) < 4.78 is 2.03. The number of thiazole rings is 2. The maximum atomic E-state index is 4.54. The van der Waals surface area contributed by atoms with Crippen molar-refractivity contribution in [1.82, 2.24) is 25.0 Å². The average Bonchev–Trinajstić information content (AvgIpc) is 3.14. The van der Waals surface area contributed by atoms with E-state index in [2.05, 4.69) is 25.6 Å². The van der Waals surface area contributed by atoms with Crippen LogP contribution < -0.4 is 10.6 Å². The zero-order chi connectivity index (χ0) is 15.5. The van der Waals surface area contributed by atoms with Gasteiger partial charge in [-0.3, -0.25) is 9.39 Å². The molecule has 0 aliphatic carbocycles. The smallest absolute Gasteiger partial charge is 0.193 e. The maximum absolute atomic E-state index is 4.54. The molecule has 0 spiro atoms. The molecule has 0 atom stereocenters. The Balaban J connectivity index is 1.56. The fourth-order valence-electron chi connectivity index (χ4n) is 2.16. The number of aromatic nitrogens is 3. The minimum Gasteiger partial charge on any atom is -0.351 e. The van der Waals surface area contributed by atoms with Crippen molar-refractivity contribution in [2.45, 2.75) is 26.9 Å². The molecule has 0 aliphatic rings. The lowest BCUT2D eigenvalue weighted by Crippen LogP contribution is -2.36. The van der Waals surface area contributed by atoms with Gasteiger partial charge in [-0.25, -0.2) is 9.97 Å². The number of guanidine groups is 1. The standard InChI is InChI=1S/C14H18N6S2/c1-9-12(22-10(2)18-9)7-17-13(15-3)16-6-11-8-20-4-5-21-14(20)19-11/h4-5,8H,6-7H2,1-3H3,(H2,15,16,17). The summed E-state index contributed by atoms with van der Waals surface area (Å²) >= 11 is 3.35. The zero-order valence-corrected chi connectivity index (χ0v) is 14.4. The topological polar surface area (TPSA) is 66.6 Å². The van der Waals surface area contributed by atoms with Gasteiger partial charge in [0.25, 0.3) is 0 Å². The molecule has 0 aliphatic heterocycles. The van der Waals surface area contributed by atoms with E-state index in [9.17, 15) is 0 Å². The molecule has 0 amide bonds. The zero-order valence-electron chi connectivity index (χ0n) is 12.8. The van der Waals surface area contributed by atoms with E-state index >= 15 is 0 Å². The lowest BCUT2D eigenvalue weighted by Gasteiger charge is -2.10. The van der Waals surface area contributed by atoms with Gasteiger partial charge in [-0.05, 0) is 13.8 Å². The molecule has 0 aromatic carbocycles. The van der Waals surface area contributed by atoms with E-state index in [1.807, 2.05) is 36.0 Å². The van der Waals surface area contributed by atoms with Crippen LogP contribution in [0.2, 0.25) is 0 Å². The van der Waals surface area contributed by atoms with Crippen LogP contribution in [0.15, 0.2) is 22.8 Å². The summed E-state index contributed by atoms with van der Waals surface area (Å²) in [4.78, 5) is 15.5. The summed E-state index contributed by atoms with van der Waals surface area (Å²) in [6, 6.07) is 0. The third kappa shape index (κ3) is 3.28. The molecule has 0 radical (unpaired) electrons. The van der Waals surface area contributed by atoms with E-state index in [0.717, 1.165) is 33.9 Å². The van der Waals surface area contributed by atoms with Gasteiger partial charge in [0.1, 0.15) is 0 Å². The van der Waals surface area contributed by atoms with E-state index in [1.165, 1.54) is 4.88 Å². The van der Waals surface area contributed by atoms with Gasteiger partial charge >= 0.3 is 0 Å². The SMILES string of the molecule is CN=C(NCc1cn2ccsc2n1)NCc1sc(C)nc1C. The van der Waals surface area contributed by atoms with Crippen LogP contribution in [0.4, 0.5) is 0 Å². The van der Waals surface area contributed by atoms with Crippen molar-refractivity contribution >= 4 is 33.6 Å². The number of fused-ring (bicyclic) bond motifs is 1. The monoisotopic (exact) mass is 334 g/mol. The summed E-state index contributed by atoms with van der Waals surface area (Å²) in [7, 11) is 1.77. The summed E-state index contributed by atoms with van der Waals surface area (Å²) in [5, 5.41) is 9.72. The van der Waals surface area contributed by atoms with E-state index in [1.54, 1.807) is 29.7 Å². The van der Waals surface area contributed by atoms with Crippen LogP contribution in [0.3, 0.4) is 0 Å². The Morgan fingerprint density at radius 1 is 1.27 bits per heavy atom. The second-order valence-corrected chi connectivity index (χ2v) is 7.01. The van der Waals surface area contributed by atoms with Gasteiger partial charge in [0.2, 0.25) is 0 Å². The summed E-state index contributed by atoms with van der Waals surface area (Å²) in [6.45, 7) is 5.44. The highest BCUT2D eigenvalue weighted by Gasteiger charge is 2.07. The Hall–Kier alpha value is -1.93. The number of nitrogens with zero attached hydrogens (tertiary/aromatic N) is 4. The van der Waals surface area contributed by atoms with Crippen molar-refractivity contribution < 1.29 is 0 Å². The van der Waals surface area contributed by atoms with Crippen molar-refractivity contribution in [2.24, 2.45) is 4.99 Å². The van der Waals surface area contributed by atoms with Crippen molar-refractivity contribution in [2.75, 3.05) is 7.05 Å². The quantitative estimate of drug-likeness (QED) is 0.568. The molecule has 3 aromatic heterocycles. The lowest BCUT2D eigenvalue weighted by molar-refractivity contribution is 0.800. The van der Waals surface area contributed by atoms with Crippen LogP contribution in [0, 0.1) is 13.8 Å². The molecule has 3 aromatic rings. The number of hydrogen-bond acceptors (Lipinski definition) is 5. The molecule has 0 saturated heterocycles. The fourth-order valence-corrected chi connectivity index (χ4v) is 3.75. The first-order chi connectivity index (χ1) is 10.7. The Bertz CT molecular complexity index is 769. The lowest BCUT2D eigenvalue weighted by atomic mass is 10.4. The van der Waals surface area contributed by atoms with Gasteiger partial charge in [-0.2, -0.15) is 0 Å². The van der Waals surface area contributed by atoms with Crippen molar-refractivity contribution in [3.63, 3.8) is 0 Å². The van der Waals surface area contributed by atoms with Crippen LogP contribution in [0.5, 0.6) is 0 Å². The van der Waals surface area contributed by atoms with E-state index < -0.39 is 0 Å². The molecular formula is C14H18N6S2. The van der Waals surface area contributed by atoms with Crippen LogP contribution in [-0.4, -0.2) is 27.4 Å². The van der Waals surface area contributed by atoms with Crippen LogP contribution >= 0.6 is 22.7 Å². The number of nitrogens with one attached hydrogen (secondary N) is 2. The summed E-state index contributed by atoms with van der Waals surface area (Å²) in [5.41, 5.74) is 2.08. The number of imidazole rings is 1. The second kappa shape index (κ2) is 6.45. The Kier molecular flexibility index (Phi) is 4.39. The largest absolute Gasteiger partial charge is 0.351 e. The van der Waals surface area contributed by atoms with Crippen LogP contribution in [0.25, 0.3) is 4.96 Å². The van der Waals surface area contributed by atoms with E-state index in [-0.39, 0.29) is 0 Å². The third-order valence-electron chi connectivity index (χ3n) is 3.22. The number of hydrogen-bond donors (Lipinski definition) is 2. The molecule has 0 fully saturated rings. The highest BCUT2D eigenvalue weighted by atomic mass is 32.1. The molecule has 3 rings (SSSR count). The fraction of sp³-hybridized carbons (Fsp3) is 0.357. The molecule has 8 heteroatoms. The van der Waals surface area contributed by atoms with Gasteiger partial charge in [-0.1, -0.05) is 0 Å². The molecule has 0 saturated carbocycles. The second-order valence-electron chi connectivity index (χ2n) is 4.85. The van der Waals surface area contributed by atoms with Gasteiger partial charge in [0.15, 0.2) is 10.9 Å². The van der Waals surface area contributed by atoms with E-state index in [4.69, 9.17) is 0 Å². The minimum atomic E-state index is 0.648. The van der Waals surface area contributed by atoms with Gasteiger partial charge in [-0.15, -0.1) is 22.7 Å². The van der Waals surface area contributed by atoms with E-state index in [0.29, 0.717) is 6.54 Å². The average molecular weight is 334 g/mol. The summed E-state index contributed by atoms with van der Waals surface area (Å²) in [5.74, 6) is 0.766. The summed E-state index contributed by atoms with van der Waals surface area (Å²) in [6.07, 6.45) is 4.04. The Labute approximate surface area is 137 Å². The molecule has 0 unspecified atom stereocenters. The Morgan fingerprint density at radius 3 is 2.77 bits per heavy atom. The molecular weight excluding hydrogens is 316 g/mol. The first-order valence-corrected chi connectivity index (χ1v) is 8.64. The number of aliphatic imine (C=N–C) groups is 1. The highest BCUT2D eigenvalue weighted by Crippen LogP contribution is 2.16. The van der Waals surface area contributed by atoms with Gasteiger partial charge in [0, 0.05) is 29.7 Å². The Morgan fingerprint density at radius 2 is 2.09 bits per heavy atom. The maximum Gasteiger partial charge on any atom is 0.193 e. The first-order valence-electron chi connectivity index (χ1n) is 6.94. The number of aryl methyl sites for hydroxylation is 2.